The number of rotatable bonds is 9. The Hall–Kier alpha value is -3.39. The number of ether oxygens (including phenoxy) is 3. The number of carbonyl (C=O) groups is 3. The third-order valence-corrected chi connectivity index (χ3v) is 6.15. The van der Waals surface area contributed by atoms with Crippen LogP contribution < -0.4 is 10.1 Å². The maximum Gasteiger partial charge on any atom is 0.337 e. The summed E-state index contributed by atoms with van der Waals surface area (Å²) < 4.78 is 16.1. The fourth-order valence-electron chi connectivity index (χ4n) is 4.21. The molecule has 0 radical (unpaired) electrons. The zero-order chi connectivity index (χ0) is 24.6. The van der Waals surface area contributed by atoms with Crippen LogP contribution in [0.3, 0.4) is 0 Å². The molecular weight excluding hydrogens is 436 g/mol. The van der Waals surface area contributed by atoms with Crippen molar-refractivity contribution in [3.63, 3.8) is 0 Å². The van der Waals surface area contributed by atoms with Crippen LogP contribution in [0, 0.1) is 0 Å². The summed E-state index contributed by atoms with van der Waals surface area (Å²) in [5.74, 6) is -0.126. The largest absolute Gasteiger partial charge is 0.492 e. The summed E-state index contributed by atoms with van der Waals surface area (Å²) in [6.07, 6.45) is 0.801. The molecule has 0 unspecified atom stereocenters. The van der Waals surface area contributed by atoms with E-state index in [1.807, 2.05) is 37.3 Å². The highest BCUT2D eigenvalue weighted by Crippen LogP contribution is 2.30. The van der Waals surface area contributed by atoms with Crippen molar-refractivity contribution >= 4 is 17.8 Å². The number of amides is 2. The first kappa shape index (κ1) is 25.2. The first-order valence-corrected chi connectivity index (χ1v) is 11.4. The van der Waals surface area contributed by atoms with Crippen LogP contribution in [0.2, 0.25) is 0 Å². The van der Waals surface area contributed by atoms with Gasteiger partial charge < -0.3 is 24.4 Å². The zero-order valence-corrected chi connectivity index (χ0v) is 19.9. The Labute approximate surface area is 200 Å². The van der Waals surface area contributed by atoms with Gasteiger partial charge in [-0.05, 0) is 36.8 Å². The number of para-hydroxylation sites is 1. The summed E-state index contributed by atoms with van der Waals surface area (Å²) in [6, 6.07) is 15.9. The van der Waals surface area contributed by atoms with Crippen molar-refractivity contribution in [3.05, 3.63) is 65.7 Å². The molecule has 2 aromatic carbocycles. The predicted molar refractivity (Wildman–Crippen MR) is 126 cm³/mol. The van der Waals surface area contributed by atoms with Gasteiger partial charge in [0, 0.05) is 33.0 Å². The van der Waals surface area contributed by atoms with Crippen molar-refractivity contribution in [1.29, 1.82) is 0 Å². The Balaban J connectivity index is 1.74. The summed E-state index contributed by atoms with van der Waals surface area (Å²) >= 11 is 0. The topological polar surface area (TPSA) is 94.2 Å². The van der Waals surface area contributed by atoms with E-state index in [2.05, 4.69) is 5.32 Å². The van der Waals surface area contributed by atoms with Gasteiger partial charge in [-0.1, -0.05) is 30.3 Å². The zero-order valence-electron chi connectivity index (χ0n) is 19.9. The Morgan fingerprint density at radius 1 is 1.06 bits per heavy atom. The van der Waals surface area contributed by atoms with Crippen molar-refractivity contribution in [1.82, 2.24) is 10.2 Å². The lowest BCUT2D eigenvalue weighted by atomic mass is 9.86. The van der Waals surface area contributed by atoms with Crippen molar-refractivity contribution in [2.75, 3.05) is 33.5 Å². The number of nitrogens with one attached hydrogen (secondary N) is 1. The number of hydrogen-bond donors (Lipinski definition) is 1. The summed E-state index contributed by atoms with van der Waals surface area (Å²) in [4.78, 5) is 39.6. The van der Waals surface area contributed by atoms with E-state index < -0.39 is 11.5 Å². The lowest BCUT2D eigenvalue weighted by molar-refractivity contribution is -0.154. The molecule has 1 heterocycles. The Kier molecular flexibility index (Phi) is 8.65. The van der Waals surface area contributed by atoms with Crippen LogP contribution in [0.15, 0.2) is 54.6 Å². The van der Waals surface area contributed by atoms with Crippen molar-refractivity contribution in [2.45, 2.75) is 38.3 Å². The molecule has 1 atom stereocenters. The third kappa shape index (κ3) is 5.94. The van der Waals surface area contributed by atoms with Gasteiger partial charge in [-0.25, -0.2) is 4.79 Å². The summed E-state index contributed by atoms with van der Waals surface area (Å²) in [7, 11) is 1.33. The van der Waals surface area contributed by atoms with Gasteiger partial charge in [0.2, 0.25) is 11.8 Å². The van der Waals surface area contributed by atoms with E-state index in [1.54, 1.807) is 29.2 Å². The molecular formula is C26H32N2O6. The van der Waals surface area contributed by atoms with Crippen LogP contribution in [-0.4, -0.2) is 61.7 Å². The number of carbonyl (C=O) groups excluding carboxylic acids is 3. The molecule has 0 bridgehead atoms. The summed E-state index contributed by atoms with van der Waals surface area (Å²) in [5.41, 5.74) is 0.251. The molecule has 8 heteroatoms. The molecule has 0 aliphatic carbocycles. The molecule has 34 heavy (non-hydrogen) atoms. The third-order valence-electron chi connectivity index (χ3n) is 6.15. The number of methoxy groups -OCH3 is 1. The molecule has 1 aliphatic rings. The molecule has 1 aliphatic heterocycles. The highest BCUT2D eigenvalue weighted by Gasteiger charge is 2.46. The van der Waals surface area contributed by atoms with Gasteiger partial charge >= 0.3 is 5.97 Å². The Bertz CT molecular complexity index is 971. The fraction of sp³-hybridized carbons (Fsp3) is 0.423. The van der Waals surface area contributed by atoms with Gasteiger partial charge in [0.25, 0.3) is 0 Å². The Morgan fingerprint density at radius 2 is 1.71 bits per heavy atom. The van der Waals surface area contributed by atoms with E-state index in [9.17, 15) is 14.4 Å². The van der Waals surface area contributed by atoms with Gasteiger partial charge in [-0.3, -0.25) is 9.59 Å². The van der Waals surface area contributed by atoms with Crippen LogP contribution in [0.4, 0.5) is 0 Å². The Morgan fingerprint density at radius 3 is 2.29 bits per heavy atom. The van der Waals surface area contributed by atoms with Crippen LogP contribution in [0.1, 0.15) is 48.7 Å². The normalized spacial score (nSPS) is 15.6. The van der Waals surface area contributed by atoms with Gasteiger partial charge in [0.05, 0.1) is 25.3 Å². The molecule has 3 rings (SSSR count). The smallest absolute Gasteiger partial charge is 0.337 e. The lowest BCUT2D eigenvalue weighted by Gasteiger charge is -2.45. The maximum atomic E-state index is 13.6. The summed E-state index contributed by atoms with van der Waals surface area (Å²) in [5, 5.41) is 3.07. The molecule has 2 aromatic rings. The lowest BCUT2D eigenvalue weighted by Crippen LogP contribution is -2.63. The van der Waals surface area contributed by atoms with Gasteiger partial charge in [0.1, 0.15) is 17.9 Å². The number of benzene rings is 2. The van der Waals surface area contributed by atoms with E-state index in [0.717, 1.165) is 5.56 Å². The SMILES string of the molecule is COC(=O)c1ccc([C@H](C)NC(=O)C2(N(CCOc3ccccc3)C(C)=O)CCOCC2)cc1. The van der Waals surface area contributed by atoms with E-state index in [0.29, 0.717) is 37.4 Å². The van der Waals surface area contributed by atoms with Gasteiger partial charge in [0.15, 0.2) is 0 Å². The highest BCUT2D eigenvalue weighted by molar-refractivity contribution is 5.91. The molecule has 1 N–H and O–H groups in total. The van der Waals surface area contributed by atoms with Crippen molar-refractivity contribution in [3.8, 4) is 5.75 Å². The molecule has 2 amide bonds. The predicted octanol–water partition coefficient (Wildman–Crippen LogP) is 3.13. The molecule has 0 spiro atoms. The van der Waals surface area contributed by atoms with Crippen LogP contribution in [0.25, 0.3) is 0 Å². The molecule has 1 fully saturated rings. The molecule has 0 aromatic heterocycles. The molecule has 8 nitrogen and oxygen atoms in total. The minimum absolute atomic E-state index is 0.191. The van der Waals surface area contributed by atoms with Crippen molar-refractivity contribution in [2.24, 2.45) is 0 Å². The minimum atomic E-state index is -1.02. The first-order valence-electron chi connectivity index (χ1n) is 11.4. The maximum absolute atomic E-state index is 13.6. The van der Waals surface area contributed by atoms with Crippen LogP contribution in [-0.2, 0) is 19.1 Å². The second-order valence-corrected chi connectivity index (χ2v) is 8.28. The second kappa shape index (κ2) is 11.7. The van der Waals surface area contributed by atoms with E-state index in [1.165, 1.54) is 14.0 Å². The quantitative estimate of drug-likeness (QED) is 0.569. The van der Waals surface area contributed by atoms with Gasteiger partial charge in [-0.2, -0.15) is 0 Å². The summed E-state index contributed by atoms with van der Waals surface area (Å²) in [6.45, 7) is 4.67. The monoisotopic (exact) mass is 468 g/mol. The minimum Gasteiger partial charge on any atom is -0.492 e. The number of hydrogen-bond acceptors (Lipinski definition) is 6. The fourth-order valence-corrected chi connectivity index (χ4v) is 4.21. The first-order chi connectivity index (χ1) is 16.4. The highest BCUT2D eigenvalue weighted by atomic mass is 16.5. The number of esters is 1. The second-order valence-electron chi connectivity index (χ2n) is 8.28. The van der Waals surface area contributed by atoms with E-state index >= 15 is 0 Å². The molecule has 1 saturated heterocycles. The average molecular weight is 469 g/mol. The van der Waals surface area contributed by atoms with E-state index in [4.69, 9.17) is 14.2 Å². The van der Waals surface area contributed by atoms with Crippen LogP contribution >= 0.6 is 0 Å². The van der Waals surface area contributed by atoms with Crippen molar-refractivity contribution < 1.29 is 28.6 Å². The van der Waals surface area contributed by atoms with Crippen LogP contribution in [0.5, 0.6) is 5.75 Å². The van der Waals surface area contributed by atoms with Gasteiger partial charge in [-0.15, -0.1) is 0 Å². The average Bonchev–Trinajstić information content (AvgIpc) is 2.87. The van der Waals surface area contributed by atoms with E-state index in [-0.39, 0.29) is 31.0 Å². The standard InChI is InChI=1S/C26H32N2O6/c1-19(21-9-11-22(12-10-21)24(30)32-3)27-25(31)26(13-16-33-17-14-26)28(20(2)29)15-18-34-23-7-5-4-6-8-23/h4-12,19H,13-18H2,1-3H3,(H,27,31)/t19-/m0/s1. The molecule has 0 saturated carbocycles. The molecule has 182 valence electrons. The number of nitrogens with zero attached hydrogens (tertiary/aromatic N) is 1.